The zero-order chi connectivity index (χ0) is 9.97. The van der Waals surface area contributed by atoms with Crippen molar-refractivity contribution in [2.24, 2.45) is 0 Å². The van der Waals surface area contributed by atoms with E-state index in [2.05, 4.69) is 17.5 Å². The van der Waals surface area contributed by atoms with E-state index in [1.165, 1.54) is 4.88 Å². The summed E-state index contributed by atoms with van der Waals surface area (Å²) in [6, 6.07) is 4.44. The molecule has 1 aromatic heterocycles. The lowest BCUT2D eigenvalue weighted by Gasteiger charge is -2.14. The highest BCUT2D eigenvalue weighted by molar-refractivity contribution is 7.09. The lowest BCUT2D eigenvalue weighted by atomic mass is 10.1. The van der Waals surface area contributed by atoms with Gasteiger partial charge in [-0.15, -0.1) is 11.3 Å². The topological polar surface area (TPSA) is 29.5 Å². The van der Waals surface area contributed by atoms with Crippen LogP contribution in [0.5, 0.6) is 0 Å². The highest BCUT2D eigenvalue weighted by Gasteiger charge is 2.28. The molecule has 0 unspecified atom stereocenters. The number of rotatable bonds is 3. The summed E-state index contributed by atoms with van der Waals surface area (Å²) in [5.74, 6) is 0. The molecule has 2 rings (SSSR count). The van der Waals surface area contributed by atoms with Gasteiger partial charge >= 0.3 is 6.09 Å². The van der Waals surface area contributed by atoms with Crippen LogP contribution in [0.4, 0.5) is 4.79 Å². The highest BCUT2D eigenvalue weighted by Crippen LogP contribution is 2.17. The Bertz CT molecular complexity index is 310. The number of hydrogen-bond donors (Lipinski definition) is 0. The number of aryl methyl sites for hydroxylation is 1. The Balaban J connectivity index is 1.84. The Labute approximate surface area is 87.3 Å². The van der Waals surface area contributed by atoms with Crippen LogP contribution in [0.25, 0.3) is 0 Å². The van der Waals surface area contributed by atoms with Crippen molar-refractivity contribution in [3.63, 3.8) is 0 Å². The van der Waals surface area contributed by atoms with Gasteiger partial charge in [-0.05, 0) is 24.3 Å². The van der Waals surface area contributed by atoms with E-state index in [9.17, 15) is 4.79 Å². The van der Waals surface area contributed by atoms with Gasteiger partial charge < -0.3 is 9.64 Å². The molecule has 1 atom stereocenters. The van der Waals surface area contributed by atoms with Crippen molar-refractivity contribution in [3.05, 3.63) is 22.4 Å². The van der Waals surface area contributed by atoms with Crippen LogP contribution in [-0.4, -0.2) is 30.7 Å². The molecule has 0 aromatic carbocycles. The summed E-state index contributed by atoms with van der Waals surface area (Å²) in [6.45, 7) is 0.542. The minimum atomic E-state index is -0.193. The second-order valence-corrected chi connectivity index (χ2v) is 4.49. The molecule has 3 nitrogen and oxygen atoms in total. The zero-order valence-electron chi connectivity index (χ0n) is 8.10. The van der Waals surface area contributed by atoms with Crippen LogP contribution < -0.4 is 0 Å². The maximum Gasteiger partial charge on any atom is 0.409 e. The van der Waals surface area contributed by atoms with Crippen LogP contribution in [0.15, 0.2) is 17.5 Å². The van der Waals surface area contributed by atoms with E-state index in [0.29, 0.717) is 6.61 Å². The van der Waals surface area contributed by atoms with Gasteiger partial charge in [-0.3, -0.25) is 0 Å². The van der Waals surface area contributed by atoms with Gasteiger partial charge in [0, 0.05) is 11.9 Å². The van der Waals surface area contributed by atoms with Crippen LogP contribution in [0.3, 0.4) is 0 Å². The predicted octanol–water partition coefficient (Wildman–Crippen LogP) is 2.13. The molecular formula is C10H13NO2S. The second-order valence-electron chi connectivity index (χ2n) is 3.46. The van der Waals surface area contributed by atoms with Crippen LogP contribution in [0.1, 0.15) is 11.3 Å². The fraction of sp³-hybridized carbons (Fsp3) is 0.500. The molecule has 2 heterocycles. The number of nitrogens with zero attached hydrogens (tertiary/aromatic N) is 1. The number of cyclic esters (lactones) is 1. The van der Waals surface area contributed by atoms with Gasteiger partial charge in [-0.2, -0.15) is 0 Å². The molecule has 0 saturated carbocycles. The van der Waals surface area contributed by atoms with Crippen LogP contribution in [0, 0.1) is 0 Å². The summed E-state index contributed by atoms with van der Waals surface area (Å²) >= 11 is 1.76. The van der Waals surface area contributed by atoms with Gasteiger partial charge in [0.25, 0.3) is 0 Å². The van der Waals surface area contributed by atoms with Crippen molar-refractivity contribution in [2.75, 3.05) is 13.7 Å². The molecule has 1 saturated heterocycles. The maximum absolute atomic E-state index is 11.1. The standard InChI is InChI=1S/C10H13NO2S/c1-11-8(7-13-10(11)12)4-5-9-3-2-6-14-9/h2-3,6,8H,4-5,7H2,1H3/t8-/m1/s1. The second kappa shape index (κ2) is 4.00. The summed E-state index contributed by atoms with van der Waals surface area (Å²) in [5.41, 5.74) is 0. The van der Waals surface area contributed by atoms with E-state index in [4.69, 9.17) is 4.74 Å². The quantitative estimate of drug-likeness (QED) is 0.766. The number of ether oxygens (including phenoxy) is 1. The van der Waals surface area contributed by atoms with E-state index >= 15 is 0 Å². The Hall–Kier alpha value is -1.03. The number of hydrogen-bond acceptors (Lipinski definition) is 3. The number of amides is 1. The molecule has 0 aliphatic carbocycles. The number of likely N-dealkylation sites (N-methyl/N-ethyl adjacent to an activating group) is 1. The molecule has 1 aromatic rings. The van der Waals surface area contributed by atoms with Gasteiger partial charge in [0.1, 0.15) is 6.61 Å². The fourth-order valence-electron chi connectivity index (χ4n) is 1.57. The van der Waals surface area contributed by atoms with Crippen molar-refractivity contribution < 1.29 is 9.53 Å². The van der Waals surface area contributed by atoms with E-state index in [1.54, 1.807) is 23.3 Å². The van der Waals surface area contributed by atoms with E-state index in [-0.39, 0.29) is 12.1 Å². The fourth-order valence-corrected chi connectivity index (χ4v) is 2.30. The lowest BCUT2D eigenvalue weighted by Crippen LogP contribution is -2.29. The Morgan fingerprint density at radius 2 is 2.57 bits per heavy atom. The minimum absolute atomic E-state index is 0.193. The molecule has 76 valence electrons. The molecule has 0 N–H and O–H groups in total. The maximum atomic E-state index is 11.1. The number of carbonyl (C=O) groups excluding carboxylic acids is 1. The smallest absolute Gasteiger partial charge is 0.409 e. The highest BCUT2D eigenvalue weighted by atomic mass is 32.1. The van der Waals surface area contributed by atoms with E-state index in [0.717, 1.165) is 12.8 Å². The Morgan fingerprint density at radius 3 is 3.14 bits per heavy atom. The summed E-state index contributed by atoms with van der Waals surface area (Å²) in [5, 5.41) is 2.08. The summed E-state index contributed by atoms with van der Waals surface area (Å²) in [7, 11) is 1.80. The first-order chi connectivity index (χ1) is 6.77. The van der Waals surface area contributed by atoms with Gasteiger partial charge in [0.15, 0.2) is 0 Å². The minimum Gasteiger partial charge on any atom is -0.447 e. The summed E-state index contributed by atoms with van der Waals surface area (Å²) < 4.78 is 4.94. The first-order valence-electron chi connectivity index (χ1n) is 4.69. The van der Waals surface area contributed by atoms with Crippen LogP contribution in [-0.2, 0) is 11.2 Å². The van der Waals surface area contributed by atoms with Crippen molar-refractivity contribution in [1.82, 2.24) is 4.90 Å². The predicted molar refractivity (Wildman–Crippen MR) is 55.5 cm³/mol. The van der Waals surface area contributed by atoms with E-state index < -0.39 is 0 Å². The molecular weight excluding hydrogens is 198 g/mol. The summed E-state index contributed by atoms with van der Waals surface area (Å²) in [4.78, 5) is 14.1. The molecule has 0 radical (unpaired) electrons. The van der Waals surface area contributed by atoms with E-state index in [1.807, 2.05) is 0 Å². The average Bonchev–Trinajstić information content (AvgIpc) is 2.77. The van der Waals surface area contributed by atoms with Crippen molar-refractivity contribution in [3.8, 4) is 0 Å². The molecule has 0 bridgehead atoms. The zero-order valence-corrected chi connectivity index (χ0v) is 8.92. The molecule has 14 heavy (non-hydrogen) atoms. The molecule has 4 heteroatoms. The van der Waals surface area contributed by atoms with Crippen molar-refractivity contribution in [2.45, 2.75) is 18.9 Å². The van der Waals surface area contributed by atoms with Crippen molar-refractivity contribution in [1.29, 1.82) is 0 Å². The van der Waals surface area contributed by atoms with Gasteiger partial charge in [-0.1, -0.05) is 6.07 Å². The first-order valence-corrected chi connectivity index (χ1v) is 5.57. The Kier molecular flexibility index (Phi) is 2.72. The number of thiophene rings is 1. The van der Waals surface area contributed by atoms with Crippen LogP contribution >= 0.6 is 11.3 Å². The molecule has 1 aliphatic rings. The summed E-state index contributed by atoms with van der Waals surface area (Å²) in [6.07, 6.45) is 1.83. The largest absolute Gasteiger partial charge is 0.447 e. The van der Waals surface area contributed by atoms with Gasteiger partial charge in [0.2, 0.25) is 0 Å². The first kappa shape index (κ1) is 9.52. The molecule has 1 fully saturated rings. The Morgan fingerprint density at radius 1 is 1.71 bits per heavy atom. The van der Waals surface area contributed by atoms with Crippen molar-refractivity contribution >= 4 is 17.4 Å². The lowest BCUT2D eigenvalue weighted by molar-refractivity contribution is 0.163. The third-order valence-electron chi connectivity index (χ3n) is 2.54. The molecule has 1 aliphatic heterocycles. The molecule has 0 spiro atoms. The number of carbonyl (C=O) groups is 1. The SMILES string of the molecule is CN1C(=O)OC[C@H]1CCc1cccs1. The van der Waals surface area contributed by atoms with Gasteiger partial charge in [-0.25, -0.2) is 4.79 Å². The molecule has 1 amide bonds. The third-order valence-corrected chi connectivity index (χ3v) is 3.48. The normalized spacial score (nSPS) is 21.4. The van der Waals surface area contributed by atoms with Crippen LogP contribution in [0.2, 0.25) is 0 Å². The average molecular weight is 211 g/mol. The van der Waals surface area contributed by atoms with Gasteiger partial charge in [0.05, 0.1) is 6.04 Å². The third kappa shape index (κ3) is 1.90. The monoisotopic (exact) mass is 211 g/mol.